The average molecular weight is 212 g/mol. The summed E-state index contributed by atoms with van der Waals surface area (Å²) in [6, 6.07) is -0.310. The molecule has 0 aromatic rings. The van der Waals surface area contributed by atoms with E-state index in [4.69, 9.17) is 0 Å². The number of nitrogens with one attached hydrogen (secondary N) is 1. The Morgan fingerprint density at radius 3 is 2.93 bits per heavy atom. The first-order valence-corrected chi connectivity index (χ1v) is 5.63. The van der Waals surface area contributed by atoms with Crippen LogP contribution in [0.25, 0.3) is 0 Å². The summed E-state index contributed by atoms with van der Waals surface area (Å²) in [7, 11) is 0. The Morgan fingerprint density at radius 2 is 2.33 bits per heavy atom. The van der Waals surface area contributed by atoms with Crippen molar-refractivity contribution < 1.29 is 9.59 Å². The van der Waals surface area contributed by atoms with Crippen LogP contribution in [0.2, 0.25) is 0 Å². The quantitative estimate of drug-likeness (QED) is 0.751. The van der Waals surface area contributed by atoms with Crippen LogP contribution in [0.5, 0.6) is 0 Å². The summed E-state index contributed by atoms with van der Waals surface area (Å²) in [5, 5.41) is 2.75. The van der Waals surface area contributed by atoms with Crippen LogP contribution < -0.4 is 5.32 Å². The lowest BCUT2D eigenvalue weighted by Gasteiger charge is -2.33. The maximum Gasteiger partial charge on any atom is 0.242 e. The highest BCUT2D eigenvalue weighted by Crippen LogP contribution is 2.12. The van der Waals surface area contributed by atoms with Crippen molar-refractivity contribution in [2.75, 3.05) is 13.1 Å². The van der Waals surface area contributed by atoms with Crippen molar-refractivity contribution in [3.8, 4) is 0 Å². The molecular weight excluding hydrogens is 192 g/mol. The van der Waals surface area contributed by atoms with Gasteiger partial charge in [-0.15, -0.1) is 0 Å². The van der Waals surface area contributed by atoms with Gasteiger partial charge in [0, 0.05) is 19.5 Å². The molecule has 0 radical (unpaired) electrons. The monoisotopic (exact) mass is 212 g/mol. The number of rotatable bonds is 3. The van der Waals surface area contributed by atoms with Crippen LogP contribution in [-0.4, -0.2) is 35.8 Å². The maximum absolute atomic E-state index is 11.9. The van der Waals surface area contributed by atoms with E-state index in [1.165, 1.54) is 0 Å². The Bertz CT molecular complexity index is 253. The van der Waals surface area contributed by atoms with Gasteiger partial charge in [0.25, 0.3) is 0 Å². The van der Waals surface area contributed by atoms with E-state index < -0.39 is 0 Å². The van der Waals surface area contributed by atoms with Gasteiger partial charge in [0.2, 0.25) is 11.8 Å². The van der Waals surface area contributed by atoms with Crippen LogP contribution >= 0.6 is 0 Å². The second kappa shape index (κ2) is 5.14. The van der Waals surface area contributed by atoms with Gasteiger partial charge in [0.15, 0.2) is 0 Å². The third-order valence-electron chi connectivity index (χ3n) is 3.04. The Balaban J connectivity index is 2.54. The normalized spacial score (nSPS) is 23.5. The van der Waals surface area contributed by atoms with Crippen molar-refractivity contribution in [2.45, 2.75) is 39.7 Å². The minimum absolute atomic E-state index is 0.0428. The molecule has 0 aliphatic carbocycles. The molecule has 1 rings (SSSR count). The molecule has 1 fully saturated rings. The van der Waals surface area contributed by atoms with E-state index in [0.29, 0.717) is 25.4 Å². The minimum Gasteiger partial charge on any atom is -0.353 e. The lowest BCUT2D eigenvalue weighted by atomic mass is 10.0. The third kappa shape index (κ3) is 2.94. The largest absolute Gasteiger partial charge is 0.353 e. The van der Waals surface area contributed by atoms with Crippen LogP contribution in [-0.2, 0) is 9.59 Å². The predicted octanol–water partition coefficient (Wildman–Crippen LogP) is 0.769. The first-order valence-electron chi connectivity index (χ1n) is 5.63. The van der Waals surface area contributed by atoms with Gasteiger partial charge in [0.05, 0.1) is 0 Å². The summed E-state index contributed by atoms with van der Waals surface area (Å²) >= 11 is 0. The standard InChI is InChI=1S/C11H20N2O2/c1-4-8(2)7-10(14)13-6-5-12-11(15)9(13)3/h8-9H,4-7H2,1-3H3,(H,12,15). The maximum atomic E-state index is 11.9. The zero-order valence-corrected chi connectivity index (χ0v) is 9.75. The van der Waals surface area contributed by atoms with Crippen molar-refractivity contribution in [1.82, 2.24) is 10.2 Å². The van der Waals surface area contributed by atoms with Crippen LogP contribution in [0, 0.1) is 5.92 Å². The highest BCUT2D eigenvalue weighted by molar-refractivity contribution is 5.88. The second-order valence-electron chi connectivity index (χ2n) is 4.27. The molecule has 1 saturated heterocycles. The number of carbonyl (C=O) groups is 2. The van der Waals surface area contributed by atoms with Gasteiger partial charge in [-0.1, -0.05) is 20.3 Å². The smallest absolute Gasteiger partial charge is 0.242 e. The van der Waals surface area contributed by atoms with E-state index in [9.17, 15) is 9.59 Å². The molecule has 4 nitrogen and oxygen atoms in total. The fraction of sp³-hybridized carbons (Fsp3) is 0.818. The average Bonchev–Trinajstić information content (AvgIpc) is 2.21. The van der Waals surface area contributed by atoms with Gasteiger partial charge < -0.3 is 10.2 Å². The molecule has 1 aliphatic rings. The minimum atomic E-state index is -0.310. The molecule has 0 bridgehead atoms. The fourth-order valence-corrected chi connectivity index (χ4v) is 1.68. The molecule has 1 aliphatic heterocycles. The number of hydrogen-bond donors (Lipinski definition) is 1. The summed E-state index contributed by atoms with van der Waals surface area (Å²) in [6.07, 6.45) is 1.55. The molecule has 0 aromatic heterocycles. The SMILES string of the molecule is CCC(C)CC(=O)N1CCNC(=O)C1C. The van der Waals surface area contributed by atoms with Crippen molar-refractivity contribution in [1.29, 1.82) is 0 Å². The fourth-order valence-electron chi connectivity index (χ4n) is 1.68. The highest BCUT2D eigenvalue weighted by Gasteiger charge is 2.29. The van der Waals surface area contributed by atoms with Gasteiger partial charge in [-0.2, -0.15) is 0 Å². The molecule has 2 amide bonds. The summed E-state index contributed by atoms with van der Waals surface area (Å²) in [5.41, 5.74) is 0. The molecule has 0 aromatic carbocycles. The number of piperazine rings is 1. The second-order valence-corrected chi connectivity index (χ2v) is 4.27. The van der Waals surface area contributed by atoms with E-state index >= 15 is 0 Å². The van der Waals surface area contributed by atoms with Gasteiger partial charge in [-0.25, -0.2) is 0 Å². The number of amides is 2. The molecule has 0 spiro atoms. The zero-order valence-electron chi connectivity index (χ0n) is 9.75. The molecule has 2 atom stereocenters. The summed E-state index contributed by atoms with van der Waals surface area (Å²) in [5.74, 6) is 0.458. The lowest BCUT2D eigenvalue weighted by molar-refractivity contribution is -0.143. The third-order valence-corrected chi connectivity index (χ3v) is 3.04. The first kappa shape index (κ1) is 12.0. The van der Waals surface area contributed by atoms with Gasteiger partial charge in [0.1, 0.15) is 6.04 Å². The predicted molar refractivity (Wildman–Crippen MR) is 58.3 cm³/mol. The Labute approximate surface area is 91.0 Å². The molecule has 86 valence electrons. The van der Waals surface area contributed by atoms with E-state index in [2.05, 4.69) is 19.2 Å². The summed E-state index contributed by atoms with van der Waals surface area (Å²) < 4.78 is 0. The van der Waals surface area contributed by atoms with Crippen LogP contribution in [0.15, 0.2) is 0 Å². The van der Waals surface area contributed by atoms with E-state index in [0.717, 1.165) is 6.42 Å². The van der Waals surface area contributed by atoms with E-state index in [1.807, 2.05) is 0 Å². The summed E-state index contributed by atoms with van der Waals surface area (Å²) in [6.45, 7) is 7.14. The van der Waals surface area contributed by atoms with Crippen molar-refractivity contribution >= 4 is 11.8 Å². The van der Waals surface area contributed by atoms with Crippen molar-refractivity contribution in [3.05, 3.63) is 0 Å². The molecule has 1 heterocycles. The Hall–Kier alpha value is -1.06. The van der Waals surface area contributed by atoms with Crippen LogP contribution in [0.1, 0.15) is 33.6 Å². The molecular formula is C11H20N2O2. The first-order chi connectivity index (χ1) is 7.06. The van der Waals surface area contributed by atoms with Crippen molar-refractivity contribution in [2.24, 2.45) is 5.92 Å². The molecule has 4 heteroatoms. The van der Waals surface area contributed by atoms with Gasteiger partial charge in [-0.05, 0) is 12.8 Å². The number of carbonyl (C=O) groups excluding carboxylic acids is 2. The Kier molecular flexibility index (Phi) is 4.12. The summed E-state index contributed by atoms with van der Waals surface area (Å²) in [4.78, 5) is 24.9. The molecule has 2 unspecified atom stereocenters. The number of hydrogen-bond acceptors (Lipinski definition) is 2. The molecule has 1 N–H and O–H groups in total. The van der Waals surface area contributed by atoms with E-state index in [1.54, 1.807) is 11.8 Å². The highest BCUT2D eigenvalue weighted by atomic mass is 16.2. The Morgan fingerprint density at radius 1 is 1.67 bits per heavy atom. The number of nitrogens with zero attached hydrogens (tertiary/aromatic N) is 1. The van der Waals surface area contributed by atoms with Gasteiger partial charge in [-0.3, -0.25) is 9.59 Å². The van der Waals surface area contributed by atoms with Crippen LogP contribution in [0.3, 0.4) is 0 Å². The lowest BCUT2D eigenvalue weighted by Crippen LogP contribution is -2.56. The topological polar surface area (TPSA) is 49.4 Å². The van der Waals surface area contributed by atoms with Gasteiger partial charge >= 0.3 is 0 Å². The molecule has 15 heavy (non-hydrogen) atoms. The van der Waals surface area contributed by atoms with Crippen LogP contribution in [0.4, 0.5) is 0 Å². The van der Waals surface area contributed by atoms with E-state index in [-0.39, 0.29) is 17.9 Å². The zero-order chi connectivity index (χ0) is 11.4. The van der Waals surface area contributed by atoms with Crippen molar-refractivity contribution in [3.63, 3.8) is 0 Å². The molecule has 0 saturated carbocycles.